The van der Waals surface area contributed by atoms with Crippen LogP contribution in [0.2, 0.25) is 0 Å². The summed E-state index contributed by atoms with van der Waals surface area (Å²) in [6.07, 6.45) is 0.875. The Morgan fingerprint density at radius 1 is 1.29 bits per heavy atom. The summed E-state index contributed by atoms with van der Waals surface area (Å²) in [6, 6.07) is 9.08. The number of nitrogens with one attached hydrogen (secondary N) is 1. The minimum Gasteiger partial charge on any atom is -0.396 e. The number of carbonyl (C=O) groups is 2. The second kappa shape index (κ2) is 9.13. The SMILES string of the molecule is CCC(=O)N(Cc1ccccc1)[C@@H](C)C(=O)NCCCO. The Morgan fingerprint density at radius 3 is 2.52 bits per heavy atom. The molecular weight excluding hydrogens is 268 g/mol. The van der Waals surface area contributed by atoms with Gasteiger partial charge in [0.15, 0.2) is 0 Å². The summed E-state index contributed by atoms with van der Waals surface area (Å²) in [5.41, 5.74) is 0.995. The van der Waals surface area contributed by atoms with Crippen LogP contribution in [0.25, 0.3) is 0 Å². The number of nitrogens with zero attached hydrogens (tertiary/aromatic N) is 1. The van der Waals surface area contributed by atoms with Crippen molar-refractivity contribution in [1.29, 1.82) is 0 Å². The van der Waals surface area contributed by atoms with Crippen LogP contribution < -0.4 is 5.32 Å². The van der Waals surface area contributed by atoms with E-state index in [9.17, 15) is 9.59 Å². The van der Waals surface area contributed by atoms with Crippen molar-refractivity contribution in [3.8, 4) is 0 Å². The molecular formula is C16H24N2O3. The van der Waals surface area contributed by atoms with Crippen LogP contribution in [0, 0.1) is 0 Å². The summed E-state index contributed by atoms with van der Waals surface area (Å²) < 4.78 is 0. The first-order valence-corrected chi connectivity index (χ1v) is 7.32. The zero-order valence-corrected chi connectivity index (χ0v) is 12.7. The van der Waals surface area contributed by atoms with Gasteiger partial charge in [-0.05, 0) is 18.9 Å². The van der Waals surface area contributed by atoms with Crippen LogP contribution in [-0.4, -0.2) is 41.0 Å². The molecule has 0 saturated carbocycles. The lowest BCUT2D eigenvalue weighted by Crippen LogP contribution is -2.47. The molecule has 2 amide bonds. The van der Waals surface area contributed by atoms with Crippen LogP contribution in [0.5, 0.6) is 0 Å². The van der Waals surface area contributed by atoms with E-state index in [0.29, 0.717) is 25.9 Å². The average Bonchev–Trinajstić information content (AvgIpc) is 2.52. The summed E-state index contributed by atoms with van der Waals surface area (Å²) in [6.45, 7) is 4.39. The summed E-state index contributed by atoms with van der Waals surface area (Å²) in [7, 11) is 0. The topological polar surface area (TPSA) is 69.6 Å². The van der Waals surface area contributed by atoms with E-state index in [1.165, 1.54) is 0 Å². The maximum absolute atomic E-state index is 12.1. The van der Waals surface area contributed by atoms with E-state index in [4.69, 9.17) is 5.11 Å². The fourth-order valence-electron chi connectivity index (χ4n) is 2.00. The monoisotopic (exact) mass is 292 g/mol. The zero-order chi connectivity index (χ0) is 15.7. The second-order valence-electron chi connectivity index (χ2n) is 4.90. The van der Waals surface area contributed by atoms with Gasteiger partial charge in [0.25, 0.3) is 0 Å². The Hall–Kier alpha value is -1.88. The number of rotatable bonds is 8. The molecule has 1 atom stereocenters. The van der Waals surface area contributed by atoms with Crippen LogP contribution >= 0.6 is 0 Å². The van der Waals surface area contributed by atoms with Crippen molar-refractivity contribution in [3.05, 3.63) is 35.9 Å². The molecule has 0 heterocycles. The smallest absolute Gasteiger partial charge is 0.242 e. The largest absolute Gasteiger partial charge is 0.396 e. The Morgan fingerprint density at radius 2 is 1.95 bits per heavy atom. The predicted molar refractivity (Wildman–Crippen MR) is 81.5 cm³/mol. The normalized spacial score (nSPS) is 11.8. The van der Waals surface area contributed by atoms with Crippen LogP contribution in [0.4, 0.5) is 0 Å². The number of amides is 2. The number of hydrogen-bond acceptors (Lipinski definition) is 3. The fraction of sp³-hybridized carbons (Fsp3) is 0.500. The molecule has 0 radical (unpaired) electrons. The molecule has 5 nitrogen and oxygen atoms in total. The first kappa shape index (κ1) is 17.2. The number of hydrogen-bond donors (Lipinski definition) is 2. The molecule has 1 aromatic carbocycles. The molecule has 21 heavy (non-hydrogen) atoms. The molecule has 116 valence electrons. The molecule has 0 aliphatic rings. The number of aliphatic hydroxyl groups is 1. The molecule has 1 rings (SSSR count). The Balaban J connectivity index is 2.72. The van der Waals surface area contributed by atoms with Crippen LogP contribution in [0.1, 0.15) is 32.3 Å². The van der Waals surface area contributed by atoms with Crippen molar-refractivity contribution in [2.24, 2.45) is 0 Å². The summed E-state index contributed by atoms with van der Waals surface area (Å²) in [4.78, 5) is 25.8. The predicted octanol–water partition coefficient (Wildman–Crippen LogP) is 1.31. The Bertz CT molecular complexity index is 448. The Kier molecular flexibility index (Phi) is 7.46. The molecule has 0 aromatic heterocycles. The zero-order valence-electron chi connectivity index (χ0n) is 12.7. The number of carbonyl (C=O) groups excluding carboxylic acids is 2. The van der Waals surface area contributed by atoms with Gasteiger partial charge in [0.05, 0.1) is 0 Å². The second-order valence-corrected chi connectivity index (χ2v) is 4.90. The number of benzene rings is 1. The maximum Gasteiger partial charge on any atom is 0.242 e. The average molecular weight is 292 g/mol. The fourth-order valence-corrected chi connectivity index (χ4v) is 2.00. The van der Waals surface area contributed by atoms with Crippen LogP contribution in [0.3, 0.4) is 0 Å². The molecule has 0 bridgehead atoms. The van der Waals surface area contributed by atoms with E-state index in [-0.39, 0.29) is 18.4 Å². The lowest BCUT2D eigenvalue weighted by molar-refractivity contribution is -0.140. The summed E-state index contributed by atoms with van der Waals surface area (Å²) in [5, 5.41) is 11.5. The van der Waals surface area contributed by atoms with E-state index in [1.54, 1.807) is 18.7 Å². The Labute approximate surface area is 126 Å². The van der Waals surface area contributed by atoms with Crippen molar-refractivity contribution in [2.45, 2.75) is 39.3 Å². The number of aliphatic hydroxyl groups excluding tert-OH is 1. The van der Waals surface area contributed by atoms with Crippen LogP contribution in [0.15, 0.2) is 30.3 Å². The van der Waals surface area contributed by atoms with Gasteiger partial charge < -0.3 is 15.3 Å². The summed E-state index contributed by atoms with van der Waals surface area (Å²) in [5.74, 6) is -0.246. The van der Waals surface area contributed by atoms with E-state index in [0.717, 1.165) is 5.56 Å². The van der Waals surface area contributed by atoms with Crippen molar-refractivity contribution in [2.75, 3.05) is 13.2 Å². The van der Waals surface area contributed by atoms with Crippen molar-refractivity contribution in [1.82, 2.24) is 10.2 Å². The third-order valence-corrected chi connectivity index (χ3v) is 3.30. The van der Waals surface area contributed by atoms with E-state index < -0.39 is 6.04 Å². The first-order valence-electron chi connectivity index (χ1n) is 7.32. The molecule has 0 saturated heterocycles. The van der Waals surface area contributed by atoms with Gasteiger partial charge in [-0.3, -0.25) is 9.59 Å². The van der Waals surface area contributed by atoms with Gasteiger partial charge in [0.1, 0.15) is 6.04 Å². The van der Waals surface area contributed by atoms with Gasteiger partial charge in [0.2, 0.25) is 11.8 Å². The third kappa shape index (κ3) is 5.55. The highest BCUT2D eigenvalue weighted by molar-refractivity contribution is 5.87. The standard InChI is InChI=1S/C16H24N2O3/c1-3-15(20)18(12-14-8-5-4-6-9-14)13(2)16(21)17-10-7-11-19/h4-6,8-9,13,19H,3,7,10-12H2,1-2H3,(H,17,21)/t13-/m0/s1. The highest BCUT2D eigenvalue weighted by Crippen LogP contribution is 2.10. The molecule has 2 N–H and O–H groups in total. The lowest BCUT2D eigenvalue weighted by atomic mass is 10.1. The molecule has 0 unspecified atom stereocenters. The van der Waals surface area contributed by atoms with Gasteiger partial charge in [-0.1, -0.05) is 37.3 Å². The van der Waals surface area contributed by atoms with E-state index in [2.05, 4.69) is 5.32 Å². The minimum absolute atomic E-state index is 0.0380. The summed E-state index contributed by atoms with van der Waals surface area (Å²) >= 11 is 0. The third-order valence-electron chi connectivity index (χ3n) is 3.30. The van der Waals surface area contributed by atoms with Gasteiger partial charge in [-0.15, -0.1) is 0 Å². The van der Waals surface area contributed by atoms with Crippen molar-refractivity contribution in [3.63, 3.8) is 0 Å². The lowest BCUT2D eigenvalue weighted by Gasteiger charge is -2.28. The molecule has 0 fully saturated rings. The highest BCUT2D eigenvalue weighted by Gasteiger charge is 2.24. The maximum atomic E-state index is 12.1. The molecule has 1 aromatic rings. The molecule has 0 aliphatic heterocycles. The van der Waals surface area contributed by atoms with E-state index in [1.807, 2.05) is 30.3 Å². The molecule has 0 aliphatic carbocycles. The van der Waals surface area contributed by atoms with Gasteiger partial charge >= 0.3 is 0 Å². The van der Waals surface area contributed by atoms with Gasteiger partial charge in [-0.25, -0.2) is 0 Å². The van der Waals surface area contributed by atoms with Gasteiger partial charge in [-0.2, -0.15) is 0 Å². The quantitative estimate of drug-likeness (QED) is 0.710. The first-order chi connectivity index (χ1) is 10.1. The van der Waals surface area contributed by atoms with Gasteiger partial charge in [0, 0.05) is 26.1 Å². The highest BCUT2D eigenvalue weighted by atomic mass is 16.3. The van der Waals surface area contributed by atoms with Crippen molar-refractivity contribution >= 4 is 11.8 Å². The van der Waals surface area contributed by atoms with E-state index >= 15 is 0 Å². The van der Waals surface area contributed by atoms with Crippen molar-refractivity contribution < 1.29 is 14.7 Å². The molecule has 0 spiro atoms. The van der Waals surface area contributed by atoms with Crippen LogP contribution in [-0.2, 0) is 16.1 Å². The minimum atomic E-state index is -0.531. The molecule has 5 heteroatoms.